The predicted molar refractivity (Wildman–Crippen MR) is 133 cm³/mol. The Morgan fingerprint density at radius 3 is 2.31 bits per heavy atom. The van der Waals surface area contributed by atoms with Gasteiger partial charge in [0.05, 0.1) is 11.9 Å². The van der Waals surface area contributed by atoms with Gasteiger partial charge in [-0.25, -0.2) is 9.97 Å². The smallest absolute Gasteiger partial charge is 0.311 e. The lowest BCUT2D eigenvalue weighted by Crippen LogP contribution is -2.47. The van der Waals surface area contributed by atoms with Crippen molar-refractivity contribution >= 4 is 34.6 Å². The average Bonchev–Trinajstić information content (AvgIpc) is 3.31. The fraction of sp³-hybridized carbons (Fsp3) is 0.346. The lowest BCUT2D eigenvalue weighted by molar-refractivity contribution is -0.139. The number of hydrogen-bond acceptors (Lipinski definition) is 8. The van der Waals surface area contributed by atoms with Crippen molar-refractivity contribution in [2.24, 2.45) is 0 Å². The summed E-state index contributed by atoms with van der Waals surface area (Å²) in [5.74, 6) is -0.592. The average molecular weight is 489 g/mol. The molecule has 0 spiro atoms. The molecule has 0 atom stereocenters. The zero-order valence-electron chi connectivity index (χ0n) is 20.1. The van der Waals surface area contributed by atoms with Gasteiger partial charge in [-0.1, -0.05) is 24.3 Å². The number of nitrogens with zero attached hydrogens (tertiary/aromatic N) is 5. The van der Waals surface area contributed by atoms with Gasteiger partial charge in [-0.2, -0.15) is 0 Å². The Labute approximate surface area is 208 Å². The van der Waals surface area contributed by atoms with Gasteiger partial charge in [0.2, 0.25) is 11.9 Å². The summed E-state index contributed by atoms with van der Waals surface area (Å²) in [6.45, 7) is 3.94. The van der Waals surface area contributed by atoms with Gasteiger partial charge >= 0.3 is 5.97 Å². The molecular formula is C26H28N6O4. The highest BCUT2D eigenvalue weighted by Gasteiger charge is 2.27. The van der Waals surface area contributed by atoms with E-state index in [9.17, 15) is 14.4 Å². The summed E-state index contributed by atoms with van der Waals surface area (Å²) in [7, 11) is 2.02. The quantitative estimate of drug-likeness (QED) is 0.426. The van der Waals surface area contributed by atoms with E-state index < -0.39 is 5.97 Å². The predicted octanol–water partition coefficient (Wildman–Crippen LogP) is 1.83. The molecule has 5 rings (SSSR count). The molecule has 2 aliphatic rings. The van der Waals surface area contributed by atoms with Crippen molar-refractivity contribution in [1.29, 1.82) is 0 Å². The second-order valence-corrected chi connectivity index (χ2v) is 9.20. The minimum absolute atomic E-state index is 0.00488. The van der Waals surface area contributed by atoms with Crippen molar-refractivity contribution < 1.29 is 19.1 Å². The molecule has 2 aromatic carbocycles. The van der Waals surface area contributed by atoms with Gasteiger partial charge in [-0.15, -0.1) is 0 Å². The molecule has 0 unspecified atom stereocenters. The van der Waals surface area contributed by atoms with Crippen LogP contribution in [-0.4, -0.2) is 75.7 Å². The van der Waals surface area contributed by atoms with Crippen molar-refractivity contribution in [3.8, 4) is 5.75 Å². The number of hydrogen-bond donors (Lipinski definition) is 1. The molecule has 36 heavy (non-hydrogen) atoms. The summed E-state index contributed by atoms with van der Waals surface area (Å²) in [6, 6.07) is 12.7. The first kappa shape index (κ1) is 23.7. The highest BCUT2D eigenvalue weighted by atomic mass is 16.5. The summed E-state index contributed by atoms with van der Waals surface area (Å²) in [4.78, 5) is 52.4. The Hall–Kier alpha value is -4.05. The largest absolute Gasteiger partial charge is 0.426 e. The second kappa shape index (κ2) is 9.90. The molecule has 0 bridgehead atoms. The highest BCUT2D eigenvalue weighted by molar-refractivity contribution is 6.05. The maximum Gasteiger partial charge on any atom is 0.311 e. The van der Waals surface area contributed by atoms with E-state index in [0.717, 1.165) is 24.2 Å². The number of ether oxygens (including phenoxy) is 1. The fourth-order valence-electron chi connectivity index (χ4n) is 4.58. The van der Waals surface area contributed by atoms with E-state index in [4.69, 9.17) is 10.5 Å². The number of fused-ring (bicyclic) bond motifs is 2. The first-order valence-corrected chi connectivity index (χ1v) is 12.0. The van der Waals surface area contributed by atoms with Gasteiger partial charge in [0.15, 0.2) is 0 Å². The molecule has 0 saturated carbocycles. The number of piperazine rings is 1. The summed E-state index contributed by atoms with van der Waals surface area (Å²) < 4.78 is 5.49. The van der Waals surface area contributed by atoms with Crippen molar-refractivity contribution in [1.82, 2.24) is 24.7 Å². The first-order valence-electron chi connectivity index (χ1n) is 12.0. The third kappa shape index (κ3) is 4.99. The summed E-state index contributed by atoms with van der Waals surface area (Å²) >= 11 is 0. The molecular weight excluding hydrogens is 460 g/mol. The van der Waals surface area contributed by atoms with E-state index in [0.29, 0.717) is 37.1 Å². The van der Waals surface area contributed by atoms with Gasteiger partial charge < -0.3 is 25.2 Å². The minimum atomic E-state index is -0.518. The molecule has 2 amide bonds. The normalized spacial score (nSPS) is 15.7. The number of rotatable bonds is 5. The van der Waals surface area contributed by atoms with Gasteiger partial charge in [-0.05, 0) is 36.4 Å². The van der Waals surface area contributed by atoms with Crippen LogP contribution in [0.5, 0.6) is 5.75 Å². The van der Waals surface area contributed by atoms with Crippen LogP contribution >= 0.6 is 0 Å². The number of likely N-dealkylation sites (N-methyl/N-ethyl adjacent to an activating group) is 1. The number of nitrogens with two attached hydrogens (primary N) is 1. The summed E-state index contributed by atoms with van der Waals surface area (Å²) in [5.41, 5.74) is 8.71. The topological polar surface area (TPSA) is 122 Å². The van der Waals surface area contributed by atoms with Crippen molar-refractivity contribution in [2.45, 2.75) is 25.9 Å². The number of amides is 2. The molecule has 1 aromatic heterocycles. The van der Waals surface area contributed by atoms with Crippen LogP contribution in [0.1, 0.15) is 34.5 Å². The van der Waals surface area contributed by atoms with Crippen LogP contribution in [0, 0.1) is 0 Å². The van der Waals surface area contributed by atoms with Crippen LogP contribution in [0.15, 0.2) is 42.5 Å². The molecule has 0 radical (unpaired) electrons. The van der Waals surface area contributed by atoms with Gasteiger partial charge in [0.1, 0.15) is 11.4 Å². The van der Waals surface area contributed by atoms with Gasteiger partial charge in [0.25, 0.3) is 5.91 Å². The van der Waals surface area contributed by atoms with Crippen molar-refractivity contribution in [3.05, 3.63) is 59.3 Å². The molecule has 0 aliphatic carbocycles. The number of benzene rings is 2. The SMILES string of the molecule is CN1CCN(C(=O)CCC(=O)Oc2ccc3nc(N)nc(C(=O)N4Cc5ccccc5C4)c3c2)CC1. The van der Waals surface area contributed by atoms with Gasteiger partial charge in [0, 0.05) is 51.1 Å². The number of carbonyl (C=O) groups excluding carboxylic acids is 3. The standard InChI is InChI=1S/C26H28N6O4/c1-30-10-12-31(13-11-30)22(33)8-9-23(34)36-19-6-7-21-20(14-19)24(29-26(27)28-21)25(35)32-15-17-4-2-3-5-18(17)16-32/h2-7,14H,8-13,15-16H2,1H3,(H2,27,28,29). The highest BCUT2D eigenvalue weighted by Crippen LogP contribution is 2.28. The Morgan fingerprint density at radius 1 is 0.917 bits per heavy atom. The van der Waals surface area contributed by atoms with E-state index in [-0.39, 0.29) is 42.0 Å². The van der Waals surface area contributed by atoms with Crippen LogP contribution in [0.2, 0.25) is 0 Å². The van der Waals surface area contributed by atoms with E-state index in [2.05, 4.69) is 14.9 Å². The van der Waals surface area contributed by atoms with Crippen LogP contribution < -0.4 is 10.5 Å². The fourth-order valence-corrected chi connectivity index (χ4v) is 4.58. The van der Waals surface area contributed by atoms with Crippen molar-refractivity contribution in [3.63, 3.8) is 0 Å². The molecule has 2 aliphatic heterocycles. The molecule has 1 fully saturated rings. The third-order valence-electron chi connectivity index (χ3n) is 6.65. The summed E-state index contributed by atoms with van der Waals surface area (Å²) in [6.07, 6.45) is 0.0638. The molecule has 2 N–H and O–H groups in total. The Bertz CT molecular complexity index is 1310. The van der Waals surface area contributed by atoms with Crippen LogP contribution in [0.4, 0.5) is 5.95 Å². The zero-order valence-corrected chi connectivity index (χ0v) is 20.1. The molecule has 10 heteroatoms. The lowest BCUT2D eigenvalue weighted by atomic mass is 10.1. The van der Waals surface area contributed by atoms with Crippen LogP contribution in [-0.2, 0) is 22.7 Å². The van der Waals surface area contributed by atoms with E-state index in [1.54, 1.807) is 28.0 Å². The Morgan fingerprint density at radius 2 is 1.61 bits per heavy atom. The minimum Gasteiger partial charge on any atom is -0.426 e. The molecule has 186 valence electrons. The monoisotopic (exact) mass is 488 g/mol. The number of nitrogen functional groups attached to an aromatic ring is 1. The first-order chi connectivity index (χ1) is 17.4. The second-order valence-electron chi connectivity index (χ2n) is 9.20. The molecule has 3 aromatic rings. The van der Waals surface area contributed by atoms with E-state index in [1.807, 2.05) is 31.3 Å². The van der Waals surface area contributed by atoms with Gasteiger partial charge in [-0.3, -0.25) is 14.4 Å². The number of aromatic nitrogens is 2. The van der Waals surface area contributed by atoms with Crippen LogP contribution in [0.3, 0.4) is 0 Å². The third-order valence-corrected chi connectivity index (χ3v) is 6.65. The van der Waals surface area contributed by atoms with Crippen molar-refractivity contribution in [2.75, 3.05) is 39.0 Å². The number of anilines is 1. The number of carbonyl (C=O) groups is 3. The van der Waals surface area contributed by atoms with E-state index >= 15 is 0 Å². The maximum absolute atomic E-state index is 13.4. The van der Waals surface area contributed by atoms with E-state index in [1.165, 1.54) is 0 Å². The number of esters is 1. The summed E-state index contributed by atoms with van der Waals surface area (Å²) in [5, 5.41) is 0.448. The lowest BCUT2D eigenvalue weighted by Gasteiger charge is -2.32. The molecule has 1 saturated heterocycles. The van der Waals surface area contributed by atoms with Crippen LogP contribution in [0.25, 0.3) is 10.9 Å². The molecule has 3 heterocycles. The Balaban J connectivity index is 1.28. The zero-order chi connectivity index (χ0) is 25.2. The molecule has 10 nitrogen and oxygen atoms in total. The Kier molecular flexibility index (Phi) is 6.51. The maximum atomic E-state index is 13.4.